The zero-order chi connectivity index (χ0) is 18.7. The summed E-state index contributed by atoms with van der Waals surface area (Å²) >= 11 is 6.53. The fourth-order valence-electron chi connectivity index (χ4n) is 2.74. The van der Waals surface area contributed by atoms with Crippen LogP contribution < -0.4 is 10.5 Å². The van der Waals surface area contributed by atoms with Crippen LogP contribution in [0.1, 0.15) is 30.5 Å². The molecule has 0 amide bonds. The van der Waals surface area contributed by atoms with Gasteiger partial charge in [-0.15, -0.1) is 0 Å². The third-order valence-corrected chi connectivity index (χ3v) is 4.28. The maximum absolute atomic E-state index is 7.54. The van der Waals surface area contributed by atoms with E-state index in [4.69, 9.17) is 27.5 Å². The summed E-state index contributed by atoms with van der Waals surface area (Å²) < 4.78 is 5.73. The number of amidine groups is 1. The minimum atomic E-state index is 0.0717. The molecule has 3 N–H and O–H groups in total. The fraction of sp³-hybridized carbons (Fsp3) is 0.136. The topological polar surface area (TPSA) is 59.1 Å². The van der Waals surface area contributed by atoms with Crippen LogP contribution in [0.4, 0.5) is 0 Å². The lowest BCUT2D eigenvalue weighted by atomic mass is 10.0. The number of nitrogens with one attached hydrogen (secondary N) is 1. The Kier molecular flexibility index (Phi) is 5.29. The molecule has 0 aliphatic carbocycles. The van der Waals surface area contributed by atoms with Gasteiger partial charge < -0.3 is 10.5 Å². The van der Waals surface area contributed by atoms with Gasteiger partial charge in [-0.05, 0) is 66.1 Å². The lowest BCUT2D eigenvalue weighted by Gasteiger charge is -2.10. The third-order valence-electron chi connectivity index (χ3n) is 3.95. The van der Waals surface area contributed by atoms with E-state index in [0.717, 1.165) is 33.2 Å². The summed E-state index contributed by atoms with van der Waals surface area (Å²) in [5.41, 5.74) is 8.20. The molecule has 3 aromatic rings. The molecule has 26 heavy (non-hydrogen) atoms. The van der Waals surface area contributed by atoms with Crippen LogP contribution in [-0.2, 0) is 0 Å². The molecule has 0 saturated carbocycles. The molecular weight excluding hydrogens is 344 g/mol. The second kappa shape index (κ2) is 7.63. The lowest BCUT2D eigenvalue weighted by molar-refractivity contribution is 0.242. The first-order valence-corrected chi connectivity index (χ1v) is 8.82. The number of rotatable bonds is 5. The highest BCUT2D eigenvalue weighted by atomic mass is 35.5. The number of hydrogen-bond donors (Lipinski definition) is 2. The van der Waals surface area contributed by atoms with Crippen LogP contribution in [-0.4, -0.2) is 11.9 Å². The summed E-state index contributed by atoms with van der Waals surface area (Å²) in [4.78, 5) is 0. The van der Waals surface area contributed by atoms with Gasteiger partial charge in [0, 0.05) is 10.6 Å². The molecule has 0 spiro atoms. The average Bonchev–Trinajstić information content (AvgIpc) is 2.60. The highest BCUT2D eigenvalue weighted by Crippen LogP contribution is 2.27. The largest absolute Gasteiger partial charge is 0.491 e. The number of nitrogens with two attached hydrogens (primary N) is 1. The molecule has 0 atom stereocenters. The van der Waals surface area contributed by atoms with Crippen LogP contribution in [0, 0.1) is 5.41 Å². The third kappa shape index (κ3) is 4.24. The van der Waals surface area contributed by atoms with E-state index in [1.54, 1.807) is 0 Å². The zero-order valence-electron chi connectivity index (χ0n) is 14.8. The van der Waals surface area contributed by atoms with E-state index < -0.39 is 0 Å². The SMILES string of the molecule is CC(C)Oc1cccc(/C(Cl)=C/c2ccc3cc(C(=N)N)ccc3c2)c1. The average molecular weight is 365 g/mol. The molecule has 0 unspecified atom stereocenters. The van der Waals surface area contributed by atoms with Gasteiger partial charge in [0.25, 0.3) is 0 Å². The van der Waals surface area contributed by atoms with Gasteiger partial charge in [0.1, 0.15) is 11.6 Å². The lowest BCUT2D eigenvalue weighted by Crippen LogP contribution is -2.10. The van der Waals surface area contributed by atoms with Crippen molar-refractivity contribution in [2.45, 2.75) is 20.0 Å². The van der Waals surface area contributed by atoms with Gasteiger partial charge in [-0.2, -0.15) is 0 Å². The Morgan fingerprint density at radius 1 is 1.00 bits per heavy atom. The van der Waals surface area contributed by atoms with Crippen LogP contribution >= 0.6 is 11.6 Å². The van der Waals surface area contributed by atoms with Gasteiger partial charge in [-0.25, -0.2) is 0 Å². The number of fused-ring (bicyclic) bond motifs is 1. The van der Waals surface area contributed by atoms with Crippen LogP contribution in [0.15, 0.2) is 60.7 Å². The summed E-state index contributed by atoms with van der Waals surface area (Å²) in [6, 6.07) is 19.6. The van der Waals surface area contributed by atoms with Gasteiger partial charge in [-0.1, -0.05) is 48.0 Å². The predicted molar refractivity (Wildman–Crippen MR) is 111 cm³/mol. The molecule has 4 heteroatoms. The van der Waals surface area contributed by atoms with Crippen molar-refractivity contribution in [1.82, 2.24) is 0 Å². The van der Waals surface area contributed by atoms with E-state index in [0.29, 0.717) is 5.03 Å². The van der Waals surface area contributed by atoms with Crippen LogP contribution in [0.2, 0.25) is 0 Å². The standard InChI is InChI=1S/C22H21ClN2O/c1-14(2)26-20-5-3-4-18(13-20)21(23)11-15-6-7-17-12-19(22(24)25)9-8-16(17)10-15/h3-14H,1-2H3,(H3,24,25)/b21-11-. The van der Waals surface area contributed by atoms with E-state index in [1.165, 1.54) is 0 Å². The molecule has 0 saturated heterocycles. The summed E-state index contributed by atoms with van der Waals surface area (Å²) in [5.74, 6) is 0.877. The van der Waals surface area contributed by atoms with Gasteiger partial charge in [0.2, 0.25) is 0 Å². The molecule has 0 aromatic heterocycles. The van der Waals surface area contributed by atoms with Crippen LogP contribution in [0.25, 0.3) is 21.9 Å². The number of ether oxygens (including phenoxy) is 1. The van der Waals surface area contributed by atoms with E-state index in [-0.39, 0.29) is 11.9 Å². The quantitative estimate of drug-likeness (QED) is 0.349. The first-order valence-electron chi connectivity index (χ1n) is 8.45. The number of benzene rings is 3. The molecular formula is C22H21ClN2O. The van der Waals surface area contributed by atoms with Crippen molar-refractivity contribution in [1.29, 1.82) is 5.41 Å². The molecule has 0 aliphatic rings. The highest BCUT2D eigenvalue weighted by Gasteiger charge is 2.04. The van der Waals surface area contributed by atoms with Crippen molar-refractivity contribution < 1.29 is 4.74 Å². The number of halogens is 1. The zero-order valence-corrected chi connectivity index (χ0v) is 15.5. The molecule has 0 aliphatic heterocycles. The molecule has 0 bridgehead atoms. The Hall–Kier alpha value is -2.78. The summed E-state index contributed by atoms with van der Waals surface area (Å²) in [5, 5.41) is 10.3. The van der Waals surface area contributed by atoms with Gasteiger partial charge >= 0.3 is 0 Å². The van der Waals surface area contributed by atoms with Crippen molar-refractivity contribution >= 4 is 39.3 Å². The van der Waals surface area contributed by atoms with Crippen molar-refractivity contribution in [3.05, 3.63) is 77.4 Å². The second-order valence-corrected chi connectivity index (χ2v) is 6.83. The monoisotopic (exact) mass is 364 g/mol. The van der Waals surface area contributed by atoms with E-state index in [9.17, 15) is 0 Å². The van der Waals surface area contributed by atoms with Crippen molar-refractivity contribution in [2.75, 3.05) is 0 Å². The smallest absolute Gasteiger partial charge is 0.122 e. The summed E-state index contributed by atoms with van der Waals surface area (Å²) in [6.07, 6.45) is 2.06. The minimum Gasteiger partial charge on any atom is -0.491 e. The molecule has 3 aromatic carbocycles. The van der Waals surface area contributed by atoms with E-state index in [2.05, 4.69) is 6.07 Å². The van der Waals surface area contributed by atoms with Crippen molar-refractivity contribution in [3.8, 4) is 5.75 Å². The molecule has 0 radical (unpaired) electrons. The maximum atomic E-state index is 7.54. The number of hydrogen-bond acceptors (Lipinski definition) is 2. The van der Waals surface area contributed by atoms with Gasteiger partial charge in [0.15, 0.2) is 0 Å². The van der Waals surface area contributed by atoms with Gasteiger partial charge in [-0.3, -0.25) is 5.41 Å². The number of nitrogen functional groups attached to an aromatic ring is 1. The van der Waals surface area contributed by atoms with Crippen molar-refractivity contribution in [3.63, 3.8) is 0 Å². The highest BCUT2D eigenvalue weighted by molar-refractivity contribution is 6.51. The minimum absolute atomic E-state index is 0.0717. The molecule has 3 rings (SSSR count). The Morgan fingerprint density at radius 2 is 1.73 bits per heavy atom. The fourth-order valence-corrected chi connectivity index (χ4v) is 2.98. The van der Waals surface area contributed by atoms with Crippen LogP contribution in [0.5, 0.6) is 5.75 Å². The Labute approximate surface area is 158 Å². The Balaban J connectivity index is 1.91. The first kappa shape index (κ1) is 18.0. The maximum Gasteiger partial charge on any atom is 0.122 e. The van der Waals surface area contributed by atoms with Crippen LogP contribution in [0.3, 0.4) is 0 Å². The molecule has 132 valence electrons. The second-order valence-electron chi connectivity index (χ2n) is 6.42. The van der Waals surface area contributed by atoms with Gasteiger partial charge in [0.05, 0.1) is 6.10 Å². The first-order chi connectivity index (χ1) is 12.4. The normalized spacial score (nSPS) is 11.8. The Bertz CT molecular complexity index is 992. The molecule has 0 fully saturated rings. The molecule has 0 heterocycles. The predicted octanol–water partition coefficient (Wildman–Crippen LogP) is 5.65. The summed E-state index contributed by atoms with van der Waals surface area (Å²) in [6.45, 7) is 3.99. The molecule has 3 nitrogen and oxygen atoms in total. The summed E-state index contributed by atoms with van der Waals surface area (Å²) in [7, 11) is 0. The Morgan fingerprint density at radius 3 is 2.46 bits per heavy atom. The van der Waals surface area contributed by atoms with Crippen molar-refractivity contribution in [2.24, 2.45) is 5.73 Å². The van der Waals surface area contributed by atoms with E-state index >= 15 is 0 Å². The van der Waals surface area contributed by atoms with E-state index in [1.807, 2.05) is 74.5 Å².